The van der Waals surface area contributed by atoms with Gasteiger partial charge in [0.05, 0.1) is 12.3 Å². The number of amides is 1. The van der Waals surface area contributed by atoms with Gasteiger partial charge in [0.15, 0.2) is 5.82 Å². The molecule has 0 N–H and O–H groups in total. The zero-order valence-electron chi connectivity index (χ0n) is 17.3. The number of likely N-dealkylation sites (tertiary alicyclic amines) is 1. The van der Waals surface area contributed by atoms with Gasteiger partial charge >= 0.3 is 0 Å². The van der Waals surface area contributed by atoms with Crippen LogP contribution in [0.4, 0.5) is 0 Å². The number of carbonyl (C=O) groups is 1. The van der Waals surface area contributed by atoms with Crippen molar-refractivity contribution < 1.29 is 17.7 Å². The number of carbonyl (C=O) groups excluding carboxylic acids is 1. The Morgan fingerprint density at radius 3 is 2.69 bits per heavy atom. The van der Waals surface area contributed by atoms with Crippen molar-refractivity contribution in [1.82, 2.24) is 28.9 Å². The Morgan fingerprint density at radius 1 is 1.38 bits per heavy atom. The van der Waals surface area contributed by atoms with E-state index in [1.807, 2.05) is 6.92 Å². The van der Waals surface area contributed by atoms with Gasteiger partial charge in [0.25, 0.3) is 0 Å². The van der Waals surface area contributed by atoms with Crippen LogP contribution in [0.3, 0.4) is 0 Å². The molecule has 0 bridgehead atoms. The minimum Gasteiger partial charge on any atom is -0.339 e. The first-order valence-corrected chi connectivity index (χ1v) is 11.5. The van der Waals surface area contributed by atoms with Crippen molar-refractivity contribution in [2.45, 2.75) is 46.2 Å². The summed E-state index contributed by atoms with van der Waals surface area (Å²) in [5, 5.41) is 3.94. The molecule has 1 amide bonds. The topological polar surface area (TPSA) is 114 Å². The predicted molar refractivity (Wildman–Crippen MR) is 105 cm³/mol. The Balaban J connectivity index is 1.54. The Labute approximate surface area is 170 Å². The molecule has 0 unspecified atom stereocenters. The highest BCUT2D eigenvalue weighted by Gasteiger charge is 2.38. The van der Waals surface area contributed by atoms with Crippen LogP contribution in [0.5, 0.6) is 0 Å². The number of hydrogen-bond donors (Lipinski definition) is 0. The van der Waals surface area contributed by atoms with E-state index in [9.17, 15) is 13.2 Å². The van der Waals surface area contributed by atoms with Crippen LogP contribution in [0.1, 0.15) is 31.4 Å². The minimum absolute atomic E-state index is 0.0488. The molecular weight excluding hydrogens is 396 g/mol. The van der Waals surface area contributed by atoms with Gasteiger partial charge in [-0.25, -0.2) is 13.4 Å². The summed E-state index contributed by atoms with van der Waals surface area (Å²) in [6.45, 7) is 7.18. The summed E-state index contributed by atoms with van der Waals surface area (Å²) in [7, 11) is -3.42. The lowest BCUT2D eigenvalue weighted by molar-refractivity contribution is -0.138. The molecule has 0 spiro atoms. The van der Waals surface area contributed by atoms with Gasteiger partial charge in [-0.15, -0.1) is 0 Å². The van der Waals surface area contributed by atoms with E-state index in [4.69, 9.17) is 4.52 Å². The van der Waals surface area contributed by atoms with Gasteiger partial charge in [-0.2, -0.15) is 9.29 Å². The van der Waals surface area contributed by atoms with Gasteiger partial charge in [0, 0.05) is 44.9 Å². The molecule has 0 atom stereocenters. The maximum absolute atomic E-state index is 12.4. The lowest BCUT2D eigenvalue weighted by atomic mass is 10.1. The van der Waals surface area contributed by atoms with Crippen LogP contribution in [0.2, 0.25) is 0 Å². The average molecular weight is 425 g/mol. The number of rotatable bonds is 9. The van der Waals surface area contributed by atoms with Crippen LogP contribution in [0, 0.1) is 12.8 Å². The highest BCUT2D eigenvalue weighted by Crippen LogP contribution is 2.19. The first kappa shape index (κ1) is 21.4. The van der Waals surface area contributed by atoms with Crippen LogP contribution in [-0.2, 0) is 34.2 Å². The molecule has 0 aliphatic carbocycles. The molecule has 1 saturated heterocycles. The number of nitrogens with zero attached hydrogens (tertiary/aromatic N) is 6. The summed E-state index contributed by atoms with van der Waals surface area (Å²) in [5.41, 5.74) is 0. The molecule has 1 fully saturated rings. The molecule has 3 heterocycles. The van der Waals surface area contributed by atoms with E-state index < -0.39 is 10.0 Å². The van der Waals surface area contributed by atoms with E-state index in [0.717, 1.165) is 5.82 Å². The molecule has 2 aromatic rings. The third-order valence-corrected chi connectivity index (χ3v) is 6.26. The molecule has 29 heavy (non-hydrogen) atoms. The average Bonchev–Trinajstić information content (AvgIpc) is 3.17. The molecule has 0 radical (unpaired) electrons. The molecular formula is C18H28N6O4S. The fourth-order valence-electron chi connectivity index (χ4n) is 3.31. The summed E-state index contributed by atoms with van der Waals surface area (Å²) >= 11 is 0. The van der Waals surface area contributed by atoms with Crippen molar-refractivity contribution in [3.05, 3.63) is 29.9 Å². The second kappa shape index (κ2) is 8.62. The molecule has 0 aromatic carbocycles. The Morgan fingerprint density at radius 2 is 2.10 bits per heavy atom. The largest absolute Gasteiger partial charge is 0.339 e. The van der Waals surface area contributed by atoms with Gasteiger partial charge in [-0.1, -0.05) is 19.0 Å². The normalized spacial score (nSPS) is 15.3. The summed E-state index contributed by atoms with van der Waals surface area (Å²) in [5.74, 6) is 2.19. The van der Waals surface area contributed by atoms with Gasteiger partial charge in [-0.05, 0) is 12.8 Å². The van der Waals surface area contributed by atoms with Gasteiger partial charge in [0.1, 0.15) is 12.4 Å². The summed E-state index contributed by atoms with van der Waals surface area (Å²) < 4.78 is 32.9. The Bertz CT molecular complexity index is 945. The van der Waals surface area contributed by atoms with Crippen molar-refractivity contribution in [1.29, 1.82) is 0 Å². The molecule has 3 rings (SSSR count). The fourth-order valence-corrected chi connectivity index (χ4v) is 4.41. The molecule has 11 heteroatoms. The number of aromatic nitrogens is 4. The molecule has 0 saturated carbocycles. The Hall–Kier alpha value is -2.27. The third kappa shape index (κ3) is 5.41. The second-order valence-corrected chi connectivity index (χ2v) is 9.82. The van der Waals surface area contributed by atoms with Gasteiger partial charge < -0.3 is 14.0 Å². The maximum Gasteiger partial charge on any atom is 0.242 e. The van der Waals surface area contributed by atoms with Crippen molar-refractivity contribution >= 4 is 15.9 Å². The summed E-state index contributed by atoms with van der Waals surface area (Å²) in [6.07, 6.45) is 5.65. The zero-order chi connectivity index (χ0) is 21.2. The van der Waals surface area contributed by atoms with E-state index in [1.165, 1.54) is 10.6 Å². The lowest BCUT2D eigenvalue weighted by Gasteiger charge is -2.44. The second-order valence-electron chi connectivity index (χ2n) is 7.88. The summed E-state index contributed by atoms with van der Waals surface area (Å²) in [4.78, 5) is 22.5. The minimum atomic E-state index is -3.42. The zero-order valence-corrected chi connectivity index (χ0v) is 18.1. The van der Waals surface area contributed by atoms with E-state index >= 15 is 0 Å². The smallest absolute Gasteiger partial charge is 0.242 e. The SMILES string of the molecule is Cc1nccn1CC(=O)N1CC(N(CCc2noc(CC(C)C)n2)S(C)(=O)=O)C1. The molecule has 160 valence electrons. The van der Waals surface area contributed by atoms with E-state index in [1.54, 1.807) is 21.9 Å². The third-order valence-electron chi connectivity index (χ3n) is 4.93. The van der Waals surface area contributed by atoms with Crippen LogP contribution in [0.15, 0.2) is 16.9 Å². The standard InChI is InChI=1S/C18H28N6O4S/c1-13(2)9-17-20-16(21-28-17)5-7-24(29(4,26)27)15-10-23(11-15)18(25)12-22-8-6-19-14(22)3/h6,8,13,15H,5,7,9-12H2,1-4H3. The maximum atomic E-state index is 12.4. The number of imidazole rings is 1. The van der Waals surface area contributed by atoms with Gasteiger partial charge in [0.2, 0.25) is 21.8 Å². The van der Waals surface area contributed by atoms with Crippen molar-refractivity contribution in [2.24, 2.45) is 5.92 Å². The van der Waals surface area contributed by atoms with Crippen molar-refractivity contribution in [3.8, 4) is 0 Å². The number of aryl methyl sites for hydroxylation is 1. The predicted octanol–water partition coefficient (Wildman–Crippen LogP) is 0.488. The van der Waals surface area contributed by atoms with Crippen LogP contribution in [-0.4, -0.2) is 75.2 Å². The first-order valence-electron chi connectivity index (χ1n) is 9.67. The molecule has 2 aromatic heterocycles. The molecule has 1 aliphatic rings. The van der Waals surface area contributed by atoms with E-state index in [2.05, 4.69) is 29.0 Å². The van der Waals surface area contributed by atoms with E-state index in [0.29, 0.717) is 43.6 Å². The number of hydrogen-bond acceptors (Lipinski definition) is 7. The summed E-state index contributed by atoms with van der Waals surface area (Å²) in [6, 6.07) is -0.236. The highest BCUT2D eigenvalue weighted by atomic mass is 32.2. The van der Waals surface area contributed by atoms with E-state index in [-0.39, 0.29) is 25.0 Å². The number of sulfonamides is 1. The fraction of sp³-hybridized carbons (Fsp3) is 0.667. The highest BCUT2D eigenvalue weighted by molar-refractivity contribution is 7.88. The lowest BCUT2D eigenvalue weighted by Crippen LogP contribution is -2.62. The van der Waals surface area contributed by atoms with Crippen LogP contribution >= 0.6 is 0 Å². The first-order chi connectivity index (χ1) is 13.6. The Kier molecular flexibility index (Phi) is 6.37. The van der Waals surface area contributed by atoms with Gasteiger partial charge in [-0.3, -0.25) is 4.79 Å². The molecule has 1 aliphatic heterocycles. The quantitative estimate of drug-likeness (QED) is 0.575. The monoisotopic (exact) mass is 424 g/mol. The van der Waals surface area contributed by atoms with Crippen molar-refractivity contribution in [2.75, 3.05) is 25.9 Å². The van der Waals surface area contributed by atoms with Crippen molar-refractivity contribution in [3.63, 3.8) is 0 Å². The molecule has 10 nitrogen and oxygen atoms in total. The van der Waals surface area contributed by atoms with Crippen LogP contribution in [0.25, 0.3) is 0 Å². The van der Waals surface area contributed by atoms with Crippen LogP contribution < -0.4 is 0 Å².